The standard InChI is InChI=1S/C27H26ClFN2O3/c1-14-7-15(2)18(8-16(14)13-33-22-6-5-17(29)9-20(22)28)24-19(12-30)26(31)34-23-11-27(3,4)10-21(32)25(23)24/h5-9,24H,10-11,13,31H2,1-4H3. The zero-order chi connectivity index (χ0) is 24.8. The molecule has 0 saturated heterocycles. The van der Waals surface area contributed by atoms with E-state index in [1.807, 2.05) is 39.8 Å². The largest absolute Gasteiger partial charge is 0.487 e. The van der Waals surface area contributed by atoms with Crippen molar-refractivity contribution >= 4 is 17.4 Å². The highest BCUT2D eigenvalue weighted by Gasteiger charge is 2.43. The zero-order valence-corrected chi connectivity index (χ0v) is 20.3. The highest BCUT2D eigenvalue weighted by atomic mass is 35.5. The van der Waals surface area contributed by atoms with Crippen molar-refractivity contribution in [2.75, 3.05) is 0 Å². The Bertz CT molecular complexity index is 1300. The highest BCUT2D eigenvalue weighted by Crippen LogP contribution is 2.48. The van der Waals surface area contributed by atoms with Gasteiger partial charge in [0.25, 0.3) is 0 Å². The van der Waals surface area contributed by atoms with Gasteiger partial charge in [-0.3, -0.25) is 4.79 Å². The first-order chi connectivity index (χ1) is 16.0. The van der Waals surface area contributed by atoms with Crippen molar-refractivity contribution in [1.29, 1.82) is 5.26 Å². The lowest BCUT2D eigenvalue weighted by atomic mass is 9.69. The summed E-state index contributed by atoms with van der Waals surface area (Å²) in [5.74, 6) is -0.139. The number of ether oxygens (including phenoxy) is 2. The van der Waals surface area contributed by atoms with Crippen LogP contribution in [0.25, 0.3) is 0 Å². The first-order valence-corrected chi connectivity index (χ1v) is 11.4. The first-order valence-electron chi connectivity index (χ1n) is 11.0. The molecule has 34 heavy (non-hydrogen) atoms. The number of aryl methyl sites for hydroxylation is 2. The smallest absolute Gasteiger partial charge is 0.205 e. The number of allylic oxidation sites excluding steroid dienone is 3. The molecule has 1 unspecified atom stereocenters. The van der Waals surface area contributed by atoms with Gasteiger partial charge in [-0.1, -0.05) is 37.6 Å². The normalized spacial score (nSPS) is 19.4. The Morgan fingerprint density at radius 2 is 1.97 bits per heavy atom. The first kappa shape index (κ1) is 23.8. The number of rotatable bonds is 4. The Balaban J connectivity index is 1.77. The fourth-order valence-electron chi connectivity index (χ4n) is 4.73. The van der Waals surface area contributed by atoms with Crippen LogP contribution in [-0.2, 0) is 16.1 Å². The quantitative estimate of drug-likeness (QED) is 0.569. The van der Waals surface area contributed by atoms with Crippen molar-refractivity contribution in [1.82, 2.24) is 0 Å². The molecule has 1 heterocycles. The van der Waals surface area contributed by atoms with Crippen LogP contribution in [0.15, 0.2) is 53.1 Å². The van der Waals surface area contributed by atoms with Gasteiger partial charge < -0.3 is 15.2 Å². The van der Waals surface area contributed by atoms with E-state index in [2.05, 4.69) is 6.07 Å². The molecule has 176 valence electrons. The number of nitriles is 1. The van der Waals surface area contributed by atoms with E-state index in [0.717, 1.165) is 22.3 Å². The van der Waals surface area contributed by atoms with Gasteiger partial charge >= 0.3 is 0 Å². The number of nitrogens with zero attached hydrogens (tertiary/aromatic N) is 1. The maximum Gasteiger partial charge on any atom is 0.205 e. The van der Waals surface area contributed by atoms with Crippen molar-refractivity contribution in [3.05, 3.63) is 86.2 Å². The molecule has 5 nitrogen and oxygen atoms in total. The number of Topliss-reactive ketones (excluding diaryl/α,β-unsaturated/α-hetero) is 1. The van der Waals surface area contributed by atoms with Gasteiger partial charge in [0.2, 0.25) is 5.88 Å². The molecule has 1 aliphatic heterocycles. The number of halogens is 2. The number of ketones is 1. The molecule has 0 radical (unpaired) electrons. The van der Waals surface area contributed by atoms with Gasteiger partial charge in [-0.25, -0.2) is 4.39 Å². The van der Waals surface area contributed by atoms with E-state index in [-0.39, 0.29) is 34.3 Å². The summed E-state index contributed by atoms with van der Waals surface area (Å²) in [6.07, 6.45) is 0.933. The topological polar surface area (TPSA) is 85.3 Å². The third-order valence-electron chi connectivity index (χ3n) is 6.39. The van der Waals surface area contributed by atoms with Crippen LogP contribution in [0.4, 0.5) is 4.39 Å². The second-order valence-electron chi connectivity index (χ2n) is 9.70. The summed E-state index contributed by atoms with van der Waals surface area (Å²) in [7, 11) is 0. The van der Waals surface area contributed by atoms with Gasteiger partial charge in [-0.05, 0) is 59.7 Å². The van der Waals surface area contributed by atoms with E-state index in [0.29, 0.717) is 29.9 Å². The van der Waals surface area contributed by atoms with Crippen LogP contribution in [0.3, 0.4) is 0 Å². The average Bonchev–Trinajstić information content (AvgIpc) is 2.72. The Hall–Kier alpha value is -3.30. The van der Waals surface area contributed by atoms with Crippen molar-refractivity contribution in [2.24, 2.45) is 11.1 Å². The van der Waals surface area contributed by atoms with Gasteiger partial charge in [0, 0.05) is 18.4 Å². The summed E-state index contributed by atoms with van der Waals surface area (Å²) in [6, 6.07) is 10.1. The molecular formula is C27H26ClFN2O3. The summed E-state index contributed by atoms with van der Waals surface area (Å²) in [5, 5.41) is 10.1. The summed E-state index contributed by atoms with van der Waals surface area (Å²) in [5.41, 5.74) is 10.2. The molecule has 0 spiro atoms. The van der Waals surface area contributed by atoms with E-state index in [4.69, 9.17) is 26.8 Å². The van der Waals surface area contributed by atoms with Gasteiger partial charge in [-0.2, -0.15) is 5.26 Å². The molecule has 1 aliphatic carbocycles. The van der Waals surface area contributed by atoms with Crippen LogP contribution in [0.5, 0.6) is 5.75 Å². The number of benzene rings is 2. The Labute approximate surface area is 203 Å². The number of carbonyl (C=O) groups is 1. The van der Waals surface area contributed by atoms with Crippen LogP contribution in [0.2, 0.25) is 5.02 Å². The predicted molar refractivity (Wildman–Crippen MR) is 127 cm³/mol. The fraction of sp³-hybridized carbons (Fsp3) is 0.333. The Morgan fingerprint density at radius 1 is 1.24 bits per heavy atom. The van der Waals surface area contributed by atoms with Crippen LogP contribution >= 0.6 is 11.6 Å². The van der Waals surface area contributed by atoms with E-state index in [1.54, 1.807) is 0 Å². The minimum absolute atomic E-state index is 0.0348. The molecule has 0 bridgehead atoms. The van der Waals surface area contributed by atoms with Gasteiger partial charge in [0.05, 0.1) is 10.9 Å². The summed E-state index contributed by atoms with van der Waals surface area (Å²) in [4.78, 5) is 13.3. The van der Waals surface area contributed by atoms with Crippen molar-refractivity contribution in [3.63, 3.8) is 0 Å². The summed E-state index contributed by atoms with van der Waals surface area (Å²) in [6.45, 7) is 8.11. The molecular weight excluding hydrogens is 455 g/mol. The molecule has 2 N–H and O–H groups in total. The van der Waals surface area contributed by atoms with Crippen LogP contribution in [-0.4, -0.2) is 5.78 Å². The third kappa shape index (κ3) is 4.41. The number of nitrogens with two attached hydrogens (primary N) is 1. The summed E-state index contributed by atoms with van der Waals surface area (Å²) >= 11 is 6.10. The molecule has 1 atom stereocenters. The minimum atomic E-state index is -0.605. The number of carbonyl (C=O) groups excluding carboxylic acids is 1. The monoisotopic (exact) mass is 480 g/mol. The summed E-state index contributed by atoms with van der Waals surface area (Å²) < 4.78 is 25.0. The molecule has 7 heteroatoms. The molecule has 2 aromatic rings. The maximum absolute atomic E-state index is 13.4. The lowest BCUT2D eigenvalue weighted by Crippen LogP contribution is -2.33. The second kappa shape index (κ2) is 8.81. The van der Waals surface area contributed by atoms with Gasteiger partial charge in [-0.15, -0.1) is 0 Å². The highest BCUT2D eigenvalue weighted by molar-refractivity contribution is 6.32. The van der Waals surface area contributed by atoms with Crippen molar-refractivity contribution < 1.29 is 18.7 Å². The van der Waals surface area contributed by atoms with Crippen molar-refractivity contribution in [2.45, 2.75) is 53.1 Å². The Morgan fingerprint density at radius 3 is 2.65 bits per heavy atom. The van der Waals surface area contributed by atoms with E-state index >= 15 is 0 Å². The fourth-order valence-corrected chi connectivity index (χ4v) is 4.95. The molecule has 0 fully saturated rings. The predicted octanol–water partition coefficient (Wildman–Crippen LogP) is 6.13. The van der Waals surface area contributed by atoms with Gasteiger partial charge in [0.1, 0.15) is 35.6 Å². The Kier molecular flexibility index (Phi) is 6.18. The van der Waals surface area contributed by atoms with Gasteiger partial charge in [0.15, 0.2) is 5.78 Å². The third-order valence-corrected chi connectivity index (χ3v) is 6.68. The SMILES string of the molecule is Cc1cc(C)c(C2C(C#N)=C(N)OC3=C2C(=O)CC(C)(C)C3)cc1COc1ccc(F)cc1Cl. The molecule has 2 aliphatic rings. The minimum Gasteiger partial charge on any atom is -0.487 e. The average molecular weight is 481 g/mol. The maximum atomic E-state index is 13.4. The van der Waals surface area contributed by atoms with E-state index in [9.17, 15) is 14.4 Å². The van der Waals surface area contributed by atoms with Crippen molar-refractivity contribution in [3.8, 4) is 11.8 Å². The molecule has 4 rings (SSSR count). The molecule has 0 saturated carbocycles. The van der Waals surface area contributed by atoms with E-state index < -0.39 is 11.7 Å². The second-order valence-corrected chi connectivity index (χ2v) is 10.1. The lowest BCUT2D eigenvalue weighted by Gasteiger charge is -2.37. The number of hydrogen-bond donors (Lipinski definition) is 1. The zero-order valence-electron chi connectivity index (χ0n) is 19.6. The van der Waals surface area contributed by atoms with Crippen LogP contribution in [0, 0.1) is 36.4 Å². The molecule has 0 amide bonds. The van der Waals surface area contributed by atoms with Crippen LogP contribution in [0.1, 0.15) is 54.9 Å². The van der Waals surface area contributed by atoms with E-state index in [1.165, 1.54) is 18.2 Å². The lowest BCUT2D eigenvalue weighted by molar-refractivity contribution is -0.119. The van der Waals surface area contributed by atoms with Crippen LogP contribution < -0.4 is 10.5 Å². The molecule has 2 aromatic carbocycles. The molecule has 0 aromatic heterocycles. The number of hydrogen-bond acceptors (Lipinski definition) is 5.